The first kappa shape index (κ1) is 15.6. The molecule has 0 aliphatic rings. The van der Waals surface area contributed by atoms with Crippen LogP contribution in [0.4, 0.5) is 0 Å². The van der Waals surface area contributed by atoms with Gasteiger partial charge in [-0.3, -0.25) is 0 Å². The standard InChI is InChI=1S/C20H26O/c1-4-7-13-18-17(6-3)20(15(5-2)14-19(18)21)16-11-9-8-10-12-16/h8-12,14,21H,4-7,13H2,1-3H3. The molecular weight excluding hydrogens is 256 g/mol. The molecule has 0 saturated carbocycles. The first-order valence-corrected chi connectivity index (χ1v) is 8.14. The van der Waals surface area contributed by atoms with Crippen molar-refractivity contribution in [1.82, 2.24) is 0 Å². The van der Waals surface area contributed by atoms with Crippen LogP contribution in [0.1, 0.15) is 50.3 Å². The summed E-state index contributed by atoms with van der Waals surface area (Å²) in [5.74, 6) is 0.483. The van der Waals surface area contributed by atoms with E-state index in [-0.39, 0.29) is 0 Å². The third kappa shape index (κ3) is 3.29. The Kier molecular flexibility index (Phi) is 5.44. The molecule has 2 aromatic carbocycles. The molecule has 0 aliphatic carbocycles. The SMILES string of the molecule is CCCCc1c(O)cc(CC)c(-c2ccccc2)c1CC. The van der Waals surface area contributed by atoms with E-state index in [1.165, 1.54) is 22.3 Å². The zero-order valence-corrected chi connectivity index (χ0v) is 13.4. The molecule has 0 aliphatic heterocycles. The maximum absolute atomic E-state index is 10.4. The molecule has 0 unspecified atom stereocenters. The number of aromatic hydroxyl groups is 1. The van der Waals surface area contributed by atoms with Crippen molar-refractivity contribution >= 4 is 0 Å². The lowest BCUT2D eigenvalue weighted by Gasteiger charge is -2.19. The minimum Gasteiger partial charge on any atom is -0.508 e. The molecule has 0 bridgehead atoms. The van der Waals surface area contributed by atoms with E-state index in [9.17, 15) is 5.11 Å². The van der Waals surface area contributed by atoms with Gasteiger partial charge in [-0.15, -0.1) is 0 Å². The predicted octanol–water partition coefficient (Wildman–Crippen LogP) is 5.53. The fourth-order valence-electron chi connectivity index (χ4n) is 3.09. The molecule has 112 valence electrons. The van der Waals surface area contributed by atoms with Crippen molar-refractivity contribution < 1.29 is 5.11 Å². The average molecular weight is 282 g/mol. The molecule has 0 spiro atoms. The van der Waals surface area contributed by atoms with E-state index >= 15 is 0 Å². The van der Waals surface area contributed by atoms with Crippen LogP contribution in [0.2, 0.25) is 0 Å². The highest BCUT2D eigenvalue weighted by molar-refractivity contribution is 5.74. The molecule has 0 radical (unpaired) electrons. The maximum Gasteiger partial charge on any atom is 0.119 e. The molecule has 0 atom stereocenters. The average Bonchev–Trinajstić information content (AvgIpc) is 2.53. The van der Waals surface area contributed by atoms with Gasteiger partial charge in [0.2, 0.25) is 0 Å². The Morgan fingerprint density at radius 3 is 2.19 bits per heavy atom. The second-order valence-corrected chi connectivity index (χ2v) is 5.56. The minimum atomic E-state index is 0.483. The van der Waals surface area contributed by atoms with Crippen molar-refractivity contribution in [3.05, 3.63) is 53.1 Å². The molecule has 0 saturated heterocycles. The number of rotatable bonds is 6. The quantitative estimate of drug-likeness (QED) is 0.739. The number of phenols is 1. The minimum absolute atomic E-state index is 0.483. The summed E-state index contributed by atoms with van der Waals surface area (Å²) in [5.41, 5.74) is 6.33. The van der Waals surface area contributed by atoms with Crippen molar-refractivity contribution in [2.75, 3.05) is 0 Å². The van der Waals surface area contributed by atoms with Gasteiger partial charge in [-0.2, -0.15) is 0 Å². The monoisotopic (exact) mass is 282 g/mol. The number of aryl methyl sites for hydroxylation is 1. The van der Waals surface area contributed by atoms with Crippen LogP contribution in [-0.4, -0.2) is 5.11 Å². The second kappa shape index (κ2) is 7.31. The maximum atomic E-state index is 10.4. The Balaban J connectivity index is 2.65. The number of hydrogen-bond donors (Lipinski definition) is 1. The van der Waals surface area contributed by atoms with Gasteiger partial charge in [-0.1, -0.05) is 57.5 Å². The van der Waals surface area contributed by atoms with Crippen LogP contribution < -0.4 is 0 Å². The molecular formula is C20H26O. The molecule has 0 fully saturated rings. The number of unbranched alkanes of at least 4 members (excludes halogenated alkanes) is 1. The molecule has 0 aromatic heterocycles. The van der Waals surface area contributed by atoms with E-state index in [0.717, 1.165) is 37.7 Å². The van der Waals surface area contributed by atoms with Gasteiger partial charge >= 0.3 is 0 Å². The Labute approximate surface area is 128 Å². The molecule has 2 aromatic rings. The van der Waals surface area contributed by atoms with Crippen LogP contribution >= 0.6 is 0 Å². The third-order valence-corrected chi connectivity index (χ3v) is 4.18. The highest BCUT2D eigenvalue weighted by atomic mass is 16.3. The van der Waals surface area contributed by atoms with E-state index in [4.69, 9.17) is 0 Å². The van der Waals surface area contributed by atoms with Crippen LogP contribution in [0.25, 0.3) is 11.1 Å². The van der Waals surface area contributed by atoms with Gasteiger partial charge in [0, 0.05) is 0 Å². The Morgan fingerprint density at radius 1 is 0.905 bits per heavy atom. The van der Waals surface area contributed by atoms with Crippen molar-refractivity contribution in [3.63, 3.8) is 0 Å². The van der Waals surface area contributed by atoms with E-state index in [1.54, 1.807) is 0 Å². The zero-order chi connectivity index (χ0) is 15.2. The molecule has 2 rings (SSSR count). The van der Waals surface area contributed by atoms with Gasteiger partial charge < -0.3 is 5.11 Å². The van der Waals surface area contributed by atoms with Crippen molar-refractivity contribution in [1.29, 1.82) is 0 Å². The van der Waals surface area contributed by atoms with E-state index in [1.807, 2.05) is 6.07 Å². The van der Waals surface area contributed by atoms with Crippen LogP contribution in [0.15, 0.2) is 36.4 Å². The van der Waals surface area contributed by atoms with Gasteiger partial charge in [0.05, 0.1) is 0 Å². The summed E-state index contributed by atoms with van der Waals surface area (Å²) in [6.07, 6.45) is 5.15. The zero-order valence-electron chi connectivity index (χ0n) is 13.4. The lowest BCUT2D eigenvalue weighted by atomic mass is 9.86. The molecule has 1 heteroatoms. The van der Waals surface area contributed by atoms with E-state index in [2.05, 4.69) is 51.1 Å². The summed E-state index contributed by atoms with van der Waals surface area (Å²) in [6, 6.07) is 12.6. The number of phenolic OH excluding ortho intramolecular Hbond substituents is 1. The summed E-state index contributed by atoms with van der Waals surface area (Å²) in [5, 5.41) is 10.4. The Bertz CT molecular complexity index is 585. The van der Waals surface area contributed by atoms with E-state index in [0.29, 0.717) is 5.75 Å². The molecule has 0 amide bonds. The second-order valence-electron chi connectivity index (χ2n) is 5.56. The Hall–Kier alpha value is -1.76. The molecule has 1 nitrogen and oxygen atoms in total. The van der Waals surface area contributed by atoms with Gasteiger partial charge in [-0.05, 0) is 59.6 Å². The van der Waals surface area contributed by atoms with Gasteiger partial charge in [-0.25, -0.2) is 0 Å². The van der Waals surface area contributed by atoms with Crippen LogP contribution in [-0.2, 0) is 19.3 Å². The highest BCUT2D eigenvalue weighted by Crippen LogP contribution is 2.36. The van der Waals surface area contributed by atoms with Crippen molar-refractivity contribution in [2.45, 2.75) is 52.9 Å². The van der Waals surface area contributed by atoms with Crippen LogP contribution in [0.3, 0.4) is 0 Å². The van der Waals surface area contributed by atoms with Gasteiger partial charge in [0.1, 0.15) is 5.75 Å². The Morgan fingerprint density at radius 2 is 1.62 bits per heavy atom. The summed E-state index contributed by atoms with van der Waals surface area (Å²) in [4.78, 5) is 0. The lowest BCUT2D eigenvalue weighted by Crippen LogP contribution is -2.01. The van der Waals surface area contributed by atoms with Gasteiger partial charge in [0.25, 0.3) is 0 Å². The fraction of sp³-hybridized carbons (Fsp3) is 0.400. The number of hydrogen-bond acceptors (Lipinski definition) is 1. The molecule has 1 N–H and O–H groups in total. The lowest BCUT2D eigenvalue weighted by molar-refractivity contribution is 0.465. The molecule has 21 heavy (non-hydrogen) atoms. The number of benzene rings is 2. The summed E-state index contributed by atoms with van der Waals surface area (Å²) in [7, 11) is 0. The summed E-state index contributed by atoms with van der Waals surface area (Å²) in [6.45, 7) is 6.55. The predicted molar refractivity (Wildman–Crippen MR) is 90.9 cm³/mol. The van der Waals surface area contributed by atoms with Crippen molar-refractivity contribution in [2.24, 2.45) is 0 Å². The largest absolute Gasteiger partial charge is 0.508 e. The van der Waals surface area contributed by atoms with E-state index < -0.39 is 0 Å². The highest BCUT2D eigenvalue weighted by Gasteiger charge is 2.16. The summed E-state index contributed by atoms with van der Waals surface area (Å²) >= 11 is 0. The normalized spacial score (nSPS) is 10.8. The van der Waals surface area contributed by atoms with Gasteiger partial charge in [0.15, 0.2) is 0 Å². The topological polar surface area (TPSA) is 20.2 Å². The van der Waals surface area contributed by atoms with Crippen LogP contribution in [0, 0.1) is 0 Å². The third-order valence-electron chi connectivity index (χ3n) is 4.18. The van der Waals surface area contributed by atoms with Crippen LogP contribution in [0.5, 0.6) is 5.75 Å². The molecule has 0 heterocycles. The van der Waals surface area contributed by atoms with Crippen molar-refractivity contribution in [3.8, 4) is 16.9 Å². The smallest absolute Gasteiger partial charge is 0.119 e. The first-order valence-electron chi connectivity index (χ1n) is 8.14. The first-order chi connectivity index (χ1) is 10.2. The fourth-order valence-corrected chi connectivity index (χ4v) is 3.09. The summed E-state index contributed by atoms with van der Waals surface area (Å²) < 4.78 is 0.